The molecule has 1 aromatic heterocycles. The normalized spacial score (nSPS) is 12.7. The van der Waals surface area contributed by atoms with E-state index in [2.05, 4.69) is 136 Å². The molecular formula is C40H28OS. The molecule has 1 heterocycles. The van der Waals surface area contributed by atoms with Gasteiger partial charge in [0.25, 0.3) is 0 Å². The maximum atomic E-state index is 6.83. The summed E-state index contributed by atoms with van der Waals surface area (Å²) in [5.41, 5.74) is 1.89. The molecule has 0 unspecified atom stereocenters. The van der Waals surface area contributed by atoms with E-state index in [0.717, 1.165) is 11.2 Å². The second-order valence-corrected chi connectivity index (χ2v) is 14.3. The SMILES string of the molecule is CC(C)(C)Sc1cc2oc3ccc4ccc5ccc6ccccc6c5c4c3c2c2c1ccc1ccc3ccccc3c12. The summed E-state index contributed by atoms with van der Waals surface area (Å²) in [6.07, 6.45) is 0. The quantitative estimate of drug-likeness (QED) is 0.147. The molecule has 0 amide bonds. The number of hydrogen-bond donors (Lipinski definition) is 0. The van der Waals surface area contributed by atoms with E-state index in [1.165, 1.54) is 80.3 Å². The van der Waals surface area contributed by atoms with Gasteiger partial charge >= 0.3 is 0 Å². The number of rotatable bonds is 1. The molecule has 0 saturated heterocycles. The number of fused-ring (bicyclic) bond motifs is 15. The summed E-state index contributed by atoms with van der Waals surface area (Å²) in [6, 6.07) is 42.4. The standard InChI is InChI=1S/C40H28OS/c1-40(2,3)42-33-22-32-39(37-30(33)20-18-26-15-13-24-9-5-7-11-29(24)35(26)37)38-31(41-32)21-19-27-17-16-25-14-12-23-8-4-6-10-28(23)34(25)36(27)38/h4-22H,1-3H3. The largest absolute Gasteiger partial charge is 0.456 e. The molecule has 0 spiro atoms. The van der Waals surface area contributed by atoms with Crippen molar-refractivity contribution < 1.29 is 4.42 Å². The molecule has 0 fully saturated rings. The van der Waals surface area contributed by atoms with Crippen LogP contribution in [-0.2, 0) is 0 Å². The van der Waals surface area contributed by atoms with Gasteiger partial charge in [-0.1, -0.05) is 124 Å². The highest BCUT2D eigenvalue weighted by Crippen LogP contribution is 2.49. The molecule has 1 nitrogen and oxygen atoms in total. The zero-order valence-electron chi connectivity index (χ0n) is 23.8. The van der Waals surface area contributed by atoms with E-state index in [9.17, 15) is 0 Å². The van der Waals surface area contributed by atoms with Crippen LogP contribution < -0.4 is 0 Å². The van der Waals surface area contributed by atoms with Crippen LogP contribution in [0.3, 0.4) is 0 Å². The van der Waals surface area contributed by atoms with Gasteiger partial charge in [-0.25, -0.2) is 0 Å². The molecule has 42 heavy (non-hydrogen) atoms. The van der Waals surface area contributed by atoms with Gasteiger partial charge in [0.15, 0.2) is 0 Å². The molecule has 0 aliphatic heterocycles. The first-order chi connectivity index (χ1) is 20.4. The lowest BCUT2D eigenvalue weighted by Crippen LogP contribution is -2.06. The summed E-state index contributed by atoms with van der Waals surface area (Å²) >= 11 is 1.92. The molecule has 0 aliphatic carbocycles. The Labute approximate surface area is 247 Å². The zero-order valence-corrected chi connectivity index (χ0v) is 24.6. The second kappa shape index (κ2) is 8.50. The monoisotopic (exact) mass is 556 g/mol. The highest BCUT2D eigenvalue weighted by Gasteiger charge is 2.23. The predicted octanol–water partition coefficient (Wildman–Crippen LogP) is 12.4. The highest BCUT2D eigenvalue weighted by atomic mass is 32.2. The Morgan fingerprint density at radius 3 is 1.57 bits per heavy atom. The average Bonchev–Trinajstić information content (AvgIpc) is 3.38. The summed E-state index contributed by atoms with van der Waals surface area (Å²) in [5.74, 6) is 0. The Morgan fingerprint density at radius 2 is 0.929 bits per heavy atom. The van der Waals surface area contributed by atoms with Crippen LogP contribution in [-0.4, -0.2) is 4.75 Å². The van der Waals surface area contributed by atoms with Crippen molar-refractivity contribution in [1.29, 1.82) is 0 Å². The molecule has 0 atom stereocenters. The summed E-state index contributed by atoms with van der Waals surface area (Å²) < 4.78 is 6.89. The van der Waals surface area contributed by atoms with E-state index in [-0.39, 0.29) is 4.75 Å². The summed E-state index contributed by atoms with van der Waals surface area (Å²) in [7, 11) is 0. The summed E-state index contributed by atoms with van der Waals surface area (Å²) in [4.78, 5) is 1.26. The van der Waals surface area contributed by atoms with E-state index in [4.69, 9.17) is 4.42 Å². The Bertz CT molecular complexity index is 2570. The summed E-state index contributed by atoms with van der Waals surface area (Å²) in [6.45, 7) is 6.86. The lowest BCUT2D eigenvalue weighted by Gasteiger charge is -2.20. The lowest BCUT2D eigenvalue weighted by molar-refractivity contribution is 0.668. The minimum absolute atomic E-state index is 0.0577. The number of benzene rings is 8. The number of hydrogen-bond acceptors (Lipinski definition) is 2. The van der Waals surface area contributed by atoms with Crippen LogP contribution in [0.4, 0.5) is 0 Å². The molecule has 0 aliphatic rings. The van der Waals surface area contributed by atoms with Crippen molar-refractivity contribution in [3.63, 3.8) is 0 Å². The molecular weight excluding hydrogens is 529 g/mol. The van der Waals surface area contributed by atoms with Crippen LogP contribution in [0, 0.1) is 0 Å². The first-order valence-corrected chi connectivity index (χ1v) is 15.4. The fourth-order valence-corrected chi connectivity index (χ4v) is 8.15. The molecule has 0 radical (unpaired) electrons. The third kappa shape index (κ3) is 3.39. The predicted molar refractivity (Wildman–Crippen MR) is 184 cm³/mol. The van der Waals surface area contributed by atoms with Crippen molar-refractivity contribution in [2.75, 3.05) is 0 Å². The van der Waals surface area contributed by atoms with E-state index in [1.807, 2.05) is 11.8 Å². The molecule has 2 heteroatoms. The number of furan rings is 1. The van der Waals surface area contributed by atoms with E-state index in [1.54, 1.807) is 0 Å². The van der Waals surface area contributed by atoms with Crippen LogP contribution in [0.25, 0.3) is 86.6 Å². The maximum absolute atomic E-state index is 6.83. The molecule has 9 rings (SSSR count). The second-order valence-electron chi connectivity index (χ2n) is 12.4. The molecule has 8 aromatic carbocycles. The van der Waals surface area contributed by atoms with Gasteiger partial charge in [0.2, 0.25) is 0 Å². The Morgan fingerprint density at radius 1 is 0.429 bits per heavy atom. The molecule has 200 valence electrons. The van der Waals surface area contributed by atoms with Gasteiger partial charge in [0, 0.05) is 31.2 Å². The van der Waals surface area contributed by atoms with Crippen molar-refractivity contribution in [1.82, 2.24) is 0 Å². The van der Waals surface area contributed by atoms with Crippen molar-refractivity contribution >= 4 is 98.3 Å². The topological polar surface area (TPSA) is 13.1 Å². The highest BCUT2D eigenvalue weighted by molar-refractivity contribution is 8.00. The van der Waals surface area contributed by atoms with Gasteiger partial charge in [-0.05, 0) is 66.0 Å². The van der Waals surface area contributed by atoms with E-state index in [0.29, 0.717) is 0 Å². The first kappa shape index (κ1) is 24.1. The van der Waals surface area contributed by atoms with Crippen LogP contribution in [0.2, 0.25) is 0 Å². The van der Waals surface area contributed by atoms with Crippen molar-refractivity contribution in [3.05, 3.63) is 115 Å². The number of thioether (sulfide) groups is 1. The Hall–Kier alpha value is -4.53. The van der Waals surface area contributed by atoms with Crippen molar-refractivity contribution in [3.8, 4) is 0 Å². The maximum Gasteiger partial charge on any atom is 0.137 e. The fourth-order valence-electron chi connectivity index (χ4n) is 7.04. The molecule has 0 saturated carbocycles. The summed E-state index contributed by atoms with van der Waals surface area (Å²) in [5, 5.41) is 17.7. The van der Waals surface area contributed by atoms with Gasteiger partial charge in [-0.15, -0.1) is 11.8 Å². The Balaban J connectivity index is 1.62. The van der Waals surface area contributed by atoms with Crippen LogP contribution in [0.15, 0.2) is 125 Å². The van der Waals surface area contributed by atoms with E-state index >= 15 is 0 Å². The minimum Gasteiger partial charge on any atom is -0.456 e. The lowest BCUT2D eigenvalue weighted by atomic mass is 9.90. The van der Waals surface area contributed by atoms with Gasteiger partial charge in [-0.2, -0.15) is 0 Å². The van der Waals surface area contributed by atoms with Crippen molar-refractivity contribution in [2.24, 2.45) is 0 Å². The molecule has 9 aromatic rings. The van der Waals surface area contributed by atoms with Gasteiger partial charge in [-0.3, -0.25) is 0 Å². The third-order valence-corrected chi connectivity index (χ3v) is 9.84. The van der Waals surface area contributed by atoms with Crippen LogP contribution in [0.5, 0.6) is 0 Å². The van der Waals surface area contributed by atoms with Gasteiger partial charge in [0.05, 0.1) is 0 Å². The molecule has 0 N–H and O–H groups in total. The van der Waals surface area contributed by atoms with E-state index < -0.39 is 0 Å². The van der Waals surface area contributed by atoms with Crippen LogP contribution in [0.1, 0.15) is 20.8 Å². The third-order valence-electron chi connectivity index (χ3n) is 8.67. The minimum atomic E-state index is 0.0577. The smallest absolute Gasteiger partial charge is 0.137 e. The molecule has 0 bridgehead atoms. The average molecular weight is 557 g/mol. The van der Waals surface area contributed by atoms with Crippen molar-refractivity contribution in [2.45, 2.75) is 30.4 Å². The fraction of sp³-hybridized carbons (Fsp3) is 0.100. The zero-order chi connectivity index (χ0) is 28.2. The Kier molecular flexibility index (Phi) is 4.88. The van der Waals surface area contributed by atoms with Crippen LogP contribution >= 0.6 is 11.8 Å². The first-order valence-electron chi connectivity index (χ1n) is 14.6. The van der Waals surface area contributed by atoms with Gasteiger partial charge in [0.1, 0.15) is 11.2 Å². The van der Waals surface area contributed by atoms with Gasteiger partial charge < -0.3 is 4.42 Å².